The summed E-state index contributed by atoms with van der Waals surface area (Å²) in [6, 6.07) is 11.3. The molecule has 0 saturated carbocycles. The zero-order valence-electron chi connectivity index (χ0n) is 14.6. The maximum Gasteiger partial charge on any atom is 0.226 e. The van der Waals surface area contributed by atoms with Gasteiger partial charge in [0.25, 0.3) is 0 Å². The molecule has 0 saturated heterocycles. The minimum atomic E-state index is -0.199. The lowest BCUT2D eigenvalue weighted by molar-refractivity contribution is 0.109. The molecule has 1 aromatic carbocycles. The number of hydrogen-bond donors (Lipinski definition) is 4. The van der Waals surface area contributed by atoms with Gasteiger partial charge in [0.05, 0.1) is 4.88 Å². The van der Waals surface area contributed by atoms with E-state index in [0.29, 0.717) is 16.9 Å². The standard InChI is InChI=1S/C11H9NOS2.C7H10OS.CH4S/c12-8-3-1-2-7(6-8)9-4-5-10(15-9)11(13)14;1-3-5-6-7(4-2)9-8;1-2/h1-6H,12H2,(H,13,14);3-6,8H,2H2,1H3;2H,1H3/b;5-3-,7-6+;. The van der Waals surface area contributed by atoms with Crippen LogP contribution in [-0.4, -0.2) is 15.9 Å². The van der Waals surface area contributed by atoms with Crippen LogP contribution in [0.2, 0.25) is 0 Å². The molecule has 0 radical (unpaired) electrons. The molecule has 3 nitrogen and oxygen atoms in total. The Hall–Kier alpha value is -1.38. The number of allylic oxidation sites excluding steroid dienone is 4. The van der Waals surface area contributed by atoms with E-state index in [-0.39, 0.29) is 5.12 Å². The van der Waals surface area contributed by atoms with Gasteiger partial charge in [0.2, 0.25) is 5.12 Å². The Labute approximate surface area is 174 Å². The van der Waals surface area contributed by atoms with Crippen LogP contribution >= 0.6 is 48.6 Å². The van der Waals surface area contributed by atoms with Gasteiger partial charge >= 0.3 is 0 Å². The van der Waals surface area contributed by atoms with Crippen LogP contribution in [0, 0.1) is 0 Å². The second kappa shape index (κ2) is 14.8. The van der Waals surface area contributed by atoms with E-state index >= 15 is 0 Å². The summed E-state index contributed by atoms with van der Waals surface area (Å²) < 4.78 is 8.50. The van der Waals surface area contributed by atoms with Crippen molar-refractivity contribution in [2.24, 2.45) is 0 Å². The largest absolute Gasteiger partial charge is 0.399 e. The fourth-order valence-electron chi connectivity index (χ4n) is 1.63. The van der Waals surface area contributed by atoms with Crippen LogP contribution in [-0.2, 0) is 0 Å². The molecule has 2 aromatic rings. The minimum absolute atomic E-state index is 0.199. The van der Waals surface area contributed by atoms with E-state index in [1.54, 1.807) is 24.5 Å². The number of nitrogens with two attached hydrogens (primary N) is 1. The summed E-state index contributed by atoms with van der Waals surface area (Å²) >= 11 is 9.43. The molecule has 26 heavy (non-hydrogen) atoms. The Balaban J connectivity index is 0.000000492. The Kier molecular flexibility index (Phi) is 14.0. The highest BCUT2D eigenvalue weighted by atomic mass is 32.2. The summed E-state index contributed by atoms with van der Waals surface area (Å²) in [5, 5.41) is -0.199. The van der Waals surface area contributed by atoms with Crippen LogP contribution in [0.15, 0.2) is 72.2 Å². The monoisotopic (exact) mass is 425 g/mol. The molecule has 140 valence electrons. The molecule has 0 aliphatic heterocycles. The molecule has 2 rings (SSSR count). The topological polar surface area (TPSA) is 63.3 Å². The summed E-state index contributed by atoms with van der Waals surface area (Å²) in [5.41, 5.74) is 7.44. The molecule has 0 unspecified atom stereocenters. The molecule has 1 heterocycles. The first-order valence-corrected chi connectivity index (χ1v) is 10.4. The van der Waals surface area contributed by atoms with Gasteiger partial charge in [0, 0.05) is 27.5 Å². The van der Waals surface area contributed by atoms with Crippen LogP contribution in [0.5, 0.6) is 0 Å². The normalized spacial score (nSPS) is 10.4. The fourth-order valence-corrected chi connectivity index (χ4v) is 2.89. The maximum absolute atomic E-state index is 11.0. The smallest absolute Gasteiger partial charge is 0.226 e. The van der Waals surface area contributed by atoms with Crippen LogP contribution in [0.4, 0.5) is 5.69 Å². The first-order valence-electron chi connectivity index (χ1n) is 7.42. The molecule has 3 N–H and O–H groups in total. The number of anilines is 1. The van der Waals surface area contributed by atoms with Gasteiger partial charge in [-0.25, -0.2) is 0 Å². The third kappa shape index (κ3) is 9.35. The van der Waals surface area contributed by atoms with E-state index in [2.05, 4.69) is 31.8 Å². The lowest BCUT2D eigenvalue weighted by atomic mass is 10.2. The van der Waals surface area contributed by atoms with Crippen molar-refractivity contribution >= 4 is 59.4 Å². The molecule has 0 spiro atoms. The van der Waals surface area contributed by atoms with Crippen molar-refractivity contribution < 1.29 is 9.35 Å². The summed E-state index contributed by atoms with van der Waals surface area (Å²) in [6.07, 6.45) is 8.82. The van der Waals surface area contributed by atoms with Gasteiger partial charge in [-0.1, -0.05) is 49.6 Å². The van der Waals surface area contributed by atoms with E-state index in [1.807, 2.05) is 49.4 Å². The van der Waals surface area contributed by atoms with Gasteiger partial charge in [0.1, 0.15) is 0 Å². The van der Waals surface area contributed by atoms with Crippen LogP contribution in [0.25, 0.3) is 10.4 Å². The number of hydrogen-bond acceptors (Lipinski definition) is 6. The zero-order chi connectivity index (χ0) is 19.9. The lowest BCUT2D eigenvalue weighted by Crippen LogP contribution is -1.83. The minimum Gasteiger partial charge on any atom is -0.399 e. The Bertz CT molecular complexity index is 752. The summed E-state index contributed by atoms with van der Waals surface area (Å²) in [7, 11) is 0. The van der Waals surface area contributed by atoms with Crippen molar-refractivity contribution in [3.05, 3.63) is 77.1 Å². The average molecular weight is 426 g/mol. The molecule has 0 atom stereocenters. The van der Waals surface area contributed by atoms with Gasteiger partial charge < -0.3 is 10.3 Å². The van der Waals surface area contributed by atoms with Crippen molar-refractivity contribution in [3.8, 4) is 10.4 Å². The Morgan fingerprint density at radius 1 is 1.31 bits per heavy atom. The quantitative estimate of drug-likeness (QED) is 0.192. The highest BCUT2D eigenvalue weighted by Crippen LogP contribution is 2.29. The van der Waals surface area contributed by atoms with Crippen molar-refractivity contribution in [1.82, 2.24) is 0 Å². The van der Waals surface area contributed by atoms with Crippen molar-refractivity contribution in [1.29, 1.82) is 0 Å². The third-order valence-corrected chi connectivity index (χ3v) is 4.79. The number of rotatable bonds is 5. The van der Waals surface area contributed by atoms with Crippen LogP contribution in [0.3, 0.4) is 0 Å². The highest BCUT2D eigenvalue weighted by molar-refractivity contribution is 7.98. The molecule has 0 amide bonds. The first-order chi connectivity index (χ1) is 12.5. The summed E-state index contributed by atoms with van der Waals surface area (Å²) in [5.74, 6) is 0. The molecule has 0 aliphatic carbocycles. The molecular formula is C19H23NO2S4. The average Bonchev–Trinajstić information content (AvgIpc) is 3.15. The zero-order valence-corrected chi connectivity index (χ0v) is 18.0. The molecule has 7 heteroatoms. The number of nitrogen functional groups attached to an aromatic ring is 1. The Morgan fingerprint density at radius 2 is 2.00 bits per heavy atom. The van der Waals surface area contributed by atoms with E-state index in [1.165, 1.54) is 11.3 Å². The van der Waals surface area contributed by atoms with Crippen LogP contribution in [0.1, 0.15) is 16.6 Å². The van der Waals surface area contributed by atoms with Crippen LogP contribution < -0.4 is 5.73 Å². The van der Waals surface area contributed by atoms with E-state index in [4.69, 9.17) is 10.3 Å². The van der Waals surface area contributed by atoms with E-state index in [9.17, 15) is 4.79 Å². The second-order valence-corrected chi connectivity index (χ2v) is 6.63. The first kappa shape index (κ1) is 24.6. The van der Waals surface area contributed by atoms with Gasteiger partial charge in [-0.3, -0.25) is 4.79 Å². The predicted molar refractivity (Wildman–Crippen MR) is 126 cm³/mol. The van der Waals surface area contributed by atoms with Gasteiger partial charge in [-0.05, 0) is 49.1 Å². The third-order valence-electron chi connectivity index (χ3n) is 2.75. The maximum atomic E-state index is 11.0. The molecule has 0 fully saturated rings. The summed E-state index contributed by atoms with van der Waals surface area (Å²) in [6.45, 7) is 5.42. The number of carbonyl (C=O) groups is 1. The molecule has 0 aliphatic rings. The van der Waals surface area contributed by atoms with E-state index < -0.39 is 0 Å². The number of thiophene rings is 1. The SMILES string of the molecule is C=C/C(=C\C=C/C)SO.CS.Nc1cccc(-c2ccc(C(=O)S)s2)c1. The number of thiol groups is 2. The van der Waals surface area contributed by atoms with Gasteiger partial charge in [0.15, 0.2) is 0 Å². The number of carbonyl (C=O) groups excluding carboxylic acids is 1. The van der Waals surface area contributed by atoms with Gasteiger partial charge in [-0.15, -0.1) is 11.3 Å². The highest BCUT2D eigenvalue weighted by Gasteiger charge is 2.06. The molecular weight excluding hydrogens is 402 g/mol. The van der Waals surface area contributed by atoms with E-state index in [0.717, 1.165) is 21.0 Å². The Morgan fingerprint density at radius 3 is 2.46 bits per heavy atom. The fraction of sp³-hybridized carbons (Fsp3) is 0.105. The molecule has 0 bridgehead atoms. The summed E-state index contributed by atoms with van der Waals surface area (Å²) in [4.78, 5) is 13.4. The van der Waals surface area contributed by atoms with Gasteiger partial charge in [-0.2, -0.15) is 12.6 Å². The second-order valence-electron chi connectivity index (χ2n) is 4.48. The number of benzene rings is 1. The molecule has 1 aromatic heterocycles. The predicted octanol–water partition coefficient (Wildman–Crippen LogP) is 6.45. The van der Waals surface area contributed by atoms with Crippen molar-refractivity contribution in [2.45, 2.75) is 6.92 Å². The van der Waals surface area contributed by atoms with Crippen molar-refractivity contribution in [2.75, 3.05) is 12.0 Å². The van der Waals surface area contributed by atoms with Crippen molar-refractivity contribution in [3.63, 3.8) is 0 Å². The lowest BCUT2D eigenvalue weighted by Gasteiger charge is -1.98.